The lowest BCUT2D eigenvalue weighted by Crippen LogP contribution is -1.76. The molecule has 0 amide bonds. The van der Waals surface area contributed by atoms with Crippen LogP contribution in [0, 0.1) is 35.5 Å². The van der Waals surface area contributed by atoms with Gasteiger partial charge in [-0.2, -0.15) is 0 Å². The summed E-state index contributed by atoms with van der Waals surface area (Å²) in [5, 5.41) is 0. The average molecular weight is 256 g/mol. The molecule has 0 heteroatoms. The maximum atomic E-state index is 3.19. The molecule has 0 nitrogen and oxygen atoms in total. The van der Waals surface area contributed by atoms with Crippen molar-refractivity contribution < 1.29 is 0 Å². The maximum absolute atomic E-state index is 3.19. The van der Waals surface area contributed by atoms with Crippen LogP contribution in [0.5, 0.6) is 0 Å². The molecule has 0 N–H and O–H groups in total. The Labute approximate surface area is 120 Å². The van der Waals surface area contributed by atoms with Gasteiger partial charge in [-0.3, -0.25) is 0 Å². The predicted molar refractivity (Wildman–Crippen MR) is 85.5 cm³/mol. The second kappa shape index (κ2) is 16.7. The van der Waals surface area contributed by atoms with Crippen molar-refractivity contribution in [3.63, 3.8) is 0 Å². The van der Waals surface area contributed by atoms with Crippen molar-refractivity contribution in [2.75, 3.05) is 0 Å². The van der Waals surface area contributed by atoms with Gasteiger partial charge < -0.3 is 0 Å². The molecule has 0 aliphatic heterocycles. The molecule has 0 radical (unpaired) electrons. The minimum atomic E-state index is 0.697. The summed E-state index contributed by atoms with van der Waals surface area (Å²) in [5.74, 6) is 18.6. The first-order valence-corrected chi connectivity index (χ1v) is 7.79. The van der Waals surface area contributed by atoms with E-state index in [0.717, 1.165) is 12.8 Å². The van der Waals surface area contributed by atoms with Crippen LogP contribution in [0.2, 0.25) is 0 Å². The third-order valence-electron chi connectivity index (χ3n) is 2.79. The minimum Gasteiger partial charge on any atom is -0.102 e. The van der Waals surface area contributed by atoms with E-state index in [2.05, 4.69) is 49.4 Å². The van der Waals surface area contributed by atoms with Gasteiger partial charge in [0, 0.05) is 12.8 Å². The maximum Gasteiger partial charge on any atom is 0.0702 e. The highest BCUT2D eigenvalue weighted by molar-refractivity contribution is 5.16. The van der Waals surface area contributed by atoms with Gasteiger partial charge in [-0.05, 0) is 12.8 Å². The highest BCUT2D eigenvalue weighted by atomic mass is 13.9. The van der Waals surface area contributed by atoms with E-state index in [0.29, 0.717) is 12.8 Å². The summed E-state index contributed by atoms with van der Waals surface area (Å²) in [6.45, 7) is 4.43. The van der Waals surface area contributed by atoms with E-state index < -0.39 is 0 Å². The molecule has 0 saturated carbocycles. The van der Waals surface area contributed by atoms with Crippen molar-refractivity contribution in [1.82, 2.24) is 0 Å². The molecule has 0 fully saturated rings. The van der Waals surface area contributed by atoms with Crippen LogP contribution in [0.15, 0.2) is 0 Å². The van der Waals surface area contributed by atoms with Gasteiger partial charge in [-0.1, -0.05) is 69.6 Å². The van der Waals surface area contributed by atoms with Crippen molar-refractivity contribution in [3.8, 4) is 35.5 Å². The molecule has 0 aromatic heterocycles. The molecule has 0 aromatic rings. The van der Waals surface area contributed by atoms with E-state index in [9.17, 15) is 0 Å². The zero-order valence-corrected chi connectivity index (χ0v) is 12.8. The van der Waals surface area contributed by atoms with Crippen molar-refractivity contribution >= 4 is 0 Å². The molecule has 0 aliphatic carbocycles. The Hall–Kier alpha value is -1.32. The van der Waals surface area contributed by atoms with Crippen LogP contribution < -0.4 is 0 Å². The Morgan fingerprint density at radius 3 is 1.53 bits per heavy atom. The fourth-order valence-electron chi connectivity index (χ4n) is 1.60. The summed E-state index contributed by atoms with van der Waals surface area (Å²) in [7, 11) is 0. The highest BCUT2D eigenvalue weighted by Crippen LogP contribution is 2.03. The second-order valence-corrected chi connectivity index (χ2v) is 4.68. The Morgan fingerprint density at radius 1 is 0.474 bits per heavy atom. The third kappa shape index (κ3) is 16.7. The van der Waals surface area contributed by atoms with Gasteiger partial charge in [0.1, 0.15) is 0 Å². The van der Waals surface area contributed by atoms with Crippen LogP contribution in [0.1, 0.15) is 84.5 Å². The third-order valence-corrected chi connectivity index (χ3v) is 2.79. The Morgan fingerprint density at radius 2 is 0.947 bits per heavy atom. The number of unbranched alkanes of at least 4 members (excludes halogenated alkanes) is 7. The van der Waals surface area contributed by atoms with Crippen LogP contribution in [-0.2, 0) is 0 Å². The average Bonchev–Trinajstić information content (AvgIpc) is 2.43. The van der Waals surface area contributed by atoms with E-state index in [1.165, 1.54) is 44.9 Å². The molecular formula is C19H28. The lowest BCUT2D eigenvalue weighted by atomic mass is 10.1. The van der Waals surface area contributed by atoms with E-state index >= 15 is 0 Å². The van der Waals surface area contributed by atoms with Gasteiger partial charge >= 0.3 is 0 Å². The van der Waals surface area contributed by atoms with E-state index in [1.807, 2.05) is 0 Å². The van der Waals surface area contributed by atoms with Gasteiger partial charge in [-0.15, -0.1) is 11.8 Å². The number of rotatable bonds is 7. The fourth-order valence-corrected chi connectivity index (χ4v) is 1.60. The molecule has 0 saturated heterocycles. The van der Waals surface area contributed by atoms with E-state index in [4.69, 9.17) is 0 Å². The van der Waals surface area contributed by atoms with Crippen LogP contribution in [0.3, 0.4) is 0 Å². The number of hydrogen-bond acceptors (Lipinski definition) is 0. The molecule has 0 atom stereocenters. The highest BCUT2D eigenvalue weighted by Gasteiger charge is 1.85. The van der Waals surface area contributed by atoms with E-state index in [1.54, 1.807) is 0 Å². The van der Waals surface area contributed by atoms with E-state index in [-0.39, 0.29) is 0 Å². The molecule has 0 spiro atoms. The zero-order valence-electron chi connectivity index (χ0n) is 12.8. The first-order chi connectivity index (χ1) is 9.41. The van der Waals surface area contributed by atoms with Crippen molar-refractivity contribution in [2.24, 2.45) is 0 Å². The van der Waals surface area contributed by atoms with Crippen LogP contribution in [-0.4, -0.2) is 0 Å². The Kier molecular flexibility index (Phi) is 15.5. The molecule has 0 aliphatic rings. The summed E-state index contributed by atoms with van der Waals surface area (Å²) < 4.78 is 0. The summed E-state index contributed by atoms with van der Waals surface area (Å²) in [6, 6.07) is 0. The quantitative estimate of drug-likeness (QED) is 0.427. The molecule has 0 rings (SSSR count). The molecule has 0 heterocycles. The number of hydrogen-bond donors (Lipinski definition) is 0. The Bertz CT molecular complexity index is 356. The Balaban J connectivity index is 3.39. The zero-order chi connectivity index (χ0) is 14.0. The normalized spacial score (nSPS) is 8.53. The first kappa shape index (κ1) is 17.7. The summed E-state index contributed by atoms with van der Waals surface area (Å²) in [5.41, 5.74) is 0. The summed E-state index contributed by atoms with van der Waals surface area (Å²) in [4.78, 5) is 0. The lowest BCUT2D eigenvalue weighted by Gasteiger charge is -1.94. The molecule has 19 heavy (non-hydrogen) atoms. The predicted octanol–water partition coefficient (Wildman–Crippen LogP) is 5.33. The minimum absolute atomic E-state index is 0.697. The smallest absolute Gasteiger partial charge is 0.0702 e. The fraction of sp³-hybridized carbons (Fsp3) is 0.684. The van der Waals surface area contributed by atoms with Crippen LogP contribution >= 0.6 is 0 Å². The SMILES string of the molecule is CCCCC#CCC#CCC#CCCCCCCC. The molecule has 0 bridgehead atoms. The van der Waals surface area contributed by atoms with Crippen molar-refractivity contribution in [2.45, 2.75) is 84.5 Å². The van der Waals surface area contributed by atoms with Gasteiger partial charge in [0.05, 0.1) is 12.8 Å². The van der Waals surface area contributed by atoms with Gasteiger partial charge in [0.15, 0.2) is 0 Å². The monoisotopic (exact) mass is 256 g/mol. The molecule has 0 unspecified atom stereocenters. The van der Waals surface area contributed by atoms with Crippen LogP contribution in [0.25, 0.3) is 0 Å². The largest absolute Gasteiger partial charge is 0.102 e. The summed E-state index contributed by atoms with van der Waals surface area (Å²) >= 11 is 0. The standard InChI is InChI=1S/C19H28/c1-3-5-7-9-11-13-15-17-19-18-16-14-12-10-8-6-4-2/h3-9,11,13-14,19H2,1-2H3. The van der Waals surface area contributed by atoms with Crippen LogP contribution in [0.4, 0.5) is 0 Å². The van der Waals surface area contributed by atoms with Crippen molar-refractivity contribution in [3.05, 3.63) is 0 Å². The molecule has 0 aromatic carbocycles. The summed E-state index contributed by atoms with van der Waals surface area (Å²) in [6.07, 6.45) is 12.4. The molecule has 104 valence electrons. The molecular weight excluding hydrogens is 228 g/mol. The van der Waals surface area contributed by atoms with Gasteiger partial charge in [0.2, 0.25) is 0 Å². The lowest BCUT2D eigenvalue weighted by molar-refractivity contribution is 0.641. The van der Waals surface area contributed by atoms with Gasteiger partial charge in [-0.25, -0.2) is 0 Å². The second-order valence-electron chi connectivity index (χ2n) is 4.68. The van der Waals surface area contributed by atoms with Crippen molar-refractivity contribution in [1.29, 1.82) is 0 Å². The van der Waals surface area contributed by atoms with Gasteiger partial charge in [0.25, 0.3) is 0 Å². The first-order valence-electron chi connectivity index (χ1n) is 7.79. The topological polar surface area (TPSA) is 0 Å².